The van der Waals surface area contributed by atoms with Crippen LogP contribution in [-0.2, 0) is 23.0 Å². The van der Waals surface area contributed by atoms with Gasteiger partial charge in [-0.25, -0.2) is 0 Å². The standard InChI is InChI=1S/C11H18N2O2/c1-9(2)15-8-11(14)5-4-10-6-12-13(3)7-10/h6-7,9H,4-5,8H2,1-3H3. The maximum absolute atomic E-state index is 11.4. The molecule has 0 radical (unpaired) electrons. The molecule has 0 spiro atoms. The van der Waals surface area contributed by atoms with Gasteiger partial charge in [0.25, 0.3) is 0 Å². The van der Waals surface area contributed by atoms with E-state index in [4.69, 9.17) is 4.74 Å². The van der Waals surface area contributed by atoms with Gasteiger partial charge in [0.05, 0.1) is 12.3 Å². The van der Waals surface area contributed by atoms with Crippen LogP contribution in [0.15, 0.2) is 12.4 Å². The molecule has 0 unspecified atom stereocenters. The topological polar surface area (TPSA) is 44.1 Å². The summed E-state index contributed by atoms with van der Waals surface area (Å²) < 4.78 is 6.97. The highest BCUT2D eigenvalue weighted by atomic mass is 16.5. The summed E-state index contributed by atoms with van der Waals surface area (Å²) in [6.45, 7) is 4.07. The maximum Gasteiger partial charge on any atom is 0.158 e. The molecule has 0 atom stereocenters. The highest BCUT2D eigenvalue weighted by molar-refractivity contribution is 5.79. The van der Waals surface area contributed by atoms with Crippen molar-refractivity contribution in [2.24, 2.45) is 7.05 Å². The number of ether oxygens (including phenoxy) is 1. The quantitative estimate of drug-likeness (QED) is 0.711. The Morgan fingerprint density at radius 2 is 2.33 bits per heavy atom. The molecule has 0 saturated carbocycles. The Labute approximate surface area is 90.2 Å². The third kappa shape index (κ3) is 4.74. The lowest BCUT2D eigenvalue weighted by Gasteiger charge is -2.05. The molecule has 1 aromatic rings. The summed E-state index contributed by atoms with van der Waals surface area (Å²) in [6.07, 6.45) is 5.10. The van der Waals surface area contributed by atoms with Crippen LogP contribution in [-0.4, -0.2) is 28.3 Å². The van der Waals surface area contributed by atoms with Crippen LogP contribution in [0.4, 0.5) is 0 Å². The lowest BCUT2D eigenvalue weighted by molar-refractivity contribution is -0.124. The van der Waals surface area contributed by atoms with Gasteiger partial charge in [0.15, 0.2) is 5.78 Å². The molecule has 1 heterocycles. The minimum absolute atomic E-state index is 0.118. The summed E-state index contributed by atoms with van der Waals surface area (Å²) in [5, 5.41) is 4.04. The molecule has 0 aliphatic carbocycles. The van der Waals surface area contributed by atoms with Crippen molar-refractivity contribution >= 4 is 5.78 Å². The van der Waals surface area contributed by atoms with Crippen LogP contribution in [0, 0.1) is 0 Å². The molecule has 0 N–H and O–H groups in total. The summed E-state index contributed by atoms with van der Waals surface area (Å²) >= 11 is 0. The molecule has 0 amide bonds. The molecule has 4 heteroatoms. The van der Waals surface area contributed by atoms with E-state index < -0.39 is 0 Å². The number of aromatic nitrogens is 2. The van der Waals surface area contributed by atoms with Crippen LogP contribution in [0.2, 0.25) is 0 Å². The SMILES string of the molecule is CC(C)OCC(=O)CCc1cnn(C)c1. The van der Waals surface area contributed by atoms with Crippen molar-refractivity contribution < 1.29 is 9.53 Å². The Bertz CT molecular complexity index is 318. The van der Waals surface area contributed by atoms with Gasteiger partial charge in [0.1, 0.15) is 6.61 Å². The van der Waals surface area contributed by atoms with E-state index >= 15 is 0 Å². The van der Waals surface area contributed by atoms with Crippen molar-refractivity contribution in [2.45, 2.75) is 32.8 Å². The third-order valence-electron chi connectivity index (χ3n) is 2.03. The average molecular weight is 210 g/mol. The molecule has 0 bridgehead atoms. The molecule has 0 aromatic carbocycles. The van der Waals surface area contributed by atoms with Crippen molar-refractivity contribution in [1.29, 1.82) is 0 Å². The van der Waals surface area contributed by atoms with Crippen molar-refractivity contribution in [3.05, 3.63) is 18.0 Å². The van der Waals surface area contributed by atoms with Crippen molar-refractivity contribution in [3.8, 4) is 0 Å². The first-order valence-corrected chi connectivity index (χ1v) is 5.18. The second kappa shape index (κ2) is 5.66. The number of Topliss-reactive ketones (excluding diaryl/α,β-unsaturated/α-hetero) is 1. The van der Waals surface area contributed by atoms with Gasteiger partial charge in [-0.05, 0) is 25.8 Å². The summed E-state index contributed by atoms with van der Waals surface area (Å²) in [6, 6.07) is 0. The normalized spacial score (nSPS) is 10.9. The van der Waals surface area contributed by atoms with Crippen molar-refractivity contribution in [2.75, 3.05) is 6.61 Å². The number of ketones is 1. The molecule has 84 valence electrons. The Morgan fingerprint density at radius 1 is 1.60 bits per heavy atom. The molecule has 1 aromatic heterocycles. The monoisotopic (exact) mass is 210 g/mol. The number of aryl methyl sites for hydroxylation is 2. The molecule has 0 fully saturated rings. The predicted octanol–water partition coefficient (Wildman–Crippen LogP) is 1.35. The van der Waals surface area contributed by atoms with Gasteiger partial charge in [-0.3, -0.25) is 9.48 Å². The lowest BCUT2D eigenvalue weighted by atomic mass is 10.1. The van der Waals surface area contributed by atoms with E-state index in [0.717, 1.165) is 12.0 Å². The highest BCUT2D eigenvalue weighted by Crippen LogP contribution is 2.02. The number of nitrogens with zero attached hydrogens (tertiary/aromatic N) is 2. The molecule has 0 saturated heterocycles. The molecule has 15 heavy (non-hydrogen) atoms. The van der Waals surface area contributed by atoms with Gasteiger partial charge < -0.3 is 4.74 Å². The zero-order chi connectivity index (χ0) is 11.3. The van der Waals surface area contributed by atoms with Crippen molar-refractivity contribution in [3.63, 3.8) is 0 Å². The van der Waals surface area contributed by atoms with E-state index in [9.17, 15) is 4.79 Å². The molecule has 0 aliphatic rings. The second-order valence-electron chi connectivity index (χ2n) is 3.92. The molecular formula is C11H18N2O2. The summed E-state index contributed by atoms with van der Waals surface area (Å²) in [5.41, 5.74) is 1.09. The first-order chi connectivity index (χ1) is 7.08. The maximum atomic E-state index is 11.4. The number of hydrogen-bond acceptors (Lipinski definition) is 3. The van der Waals surface area contributed by atoms with Gasteiger partial charge in [0, 0.05) is 19.7 Å². The second-order valence-corrected chi connectivity index (χ2v) is 3.92. The van der Waals surface area contributed by atoms with Gasteiger partial charge in [-0.2, -0.15) is 5.10 Å². The van der Waals surface area contributed by atoms with Crippen LogP contribution in [0.3, 0.4) is 0 Å². The van der Waals surface area contributed by atoms with Crippen LogP contribution < -0.4 is 0 Å². The Kier molecular flexibility index (Phi) is 4.49. The van der Waals surface area contributed by atoms with Gasteiger partial charge in [-0.1, -0.05) is 0 Å². The number of hydrogen-bond donors (Lipinski definition) is 0. The molecule has 1 rings (SSSR count). The lowest BCUT2D eigenvalue weighted by Crippen LogP contribution is -2.13. The number of carbonyl (C=O) groups excluding carboxylic acids is 1. The minimum Gasteiger partial charge on any atom is -0.371 e. The minimum atomic E-state index is 0.118. The first-order valence-electron chi connectivity index (χ1n) is 5.18. The predicted molar refractivity (Wildman–Crippen MR) is 57.6 cm³/mol. The van der Waals surface area contributed by atoms with E-state index in [1.807, 2.05) is 27.1 Å². The highest BCUT2D eigenvalue weighted by Gasteiger charge is 2.05. The Balaban J connectivity index is 2.22. The smallest absolute Gasteiger partial charge is 0.158 e. The average Bonchev–Trinajstić information content (AvgIpc) is 2.58. The number of rotatable bonds is 6. The van der Waals surface area contributed by atoms with Crippen LogP contribution >= 0.6 is 0 Å². The third-order valence-corrected chi connectivity index (χ3v) is 2.03. The van der Waals surface area contributed by atoms with Gasteiger partial charge in [-0.15, -0.1) is 0 Å². The van der Waals surface area contributed by atoms with E-state index in [0.29, 0.717) is 6.42 Å². The summed E-state index contributed by atoms with van der Waals surface area (Å²) in [7, 11) is 1.87. The molecule has 0 aliphatic heterocycles. The van der Waals surface area contributed by atoms with E-state index in [2.05, 4.69) is 5.10 Å². The van der Waals surface area contributed by atoms with Crippen LogP contribution in [0.5, 0.6) is 0 Å². The number of carbonyl (C=O) groups is 1. The largest absolute Gasteiger partial charge is 0.371 e. The fourth-order valence-electron chi connectivity index (χ4n) is 1.22. The van der Waals surface area contributed by atoms with Gasteiger partial charge >= 0.3 is 0 Å². The van der Waals surface area contributed by atoms with E-state index in [1.165, 1.54) is 0 Å². The van der Waals surface area contributed by atoms with Crippen molar-refractivity contribution in [1.82, 2.24) is 9.78 Å². The first kappa shape index (κ1) is 11.9. The van der Waals surface area contributed by atoms with E-state index in [1.54, 1.807) is 10.9 Å². The zero-order valence-electron chi connectivity index (χ0n) is 9.56. The van der Waals surface area contributed by atoms with Crippen LogP contribution in [0.25, 0.3) is 0 Å². The fourth-order valence-corrected chi connectivity index (χ4v) is 1.22. The molecule has 4 nitrogen and oxygen atoms in total. The van der Waals surface area contributed by atoms with Gasteiger partial charge in [0.2, 0.25) is 0 Å². The Morgan fingerprint density at radius 3 is 2.87 bits per heavy atom. The van der Waals surface area contributed by atoms with Crippen LogP contribution in [0.1, 0.15) is 25.8 Å². The molecular weight excluding hydrogens is 192 g/mol. The Hall–Kier alpha value is -1.16. The fraction of sp³-hybridized carbons (Fsp3) is 0.636. The van der Waals surface area contributed by atoms with E-state index in [-0.39, 0.29) is 18.5 Å². The summed E-state index contributed by atoms with van der Waals surface area (Å²) in [5.74, 6) is 0.146. The zero-order valence-corrected chi connectivity index (χ0v) is 9.56. The summed E-state index contributed by atoms with van der Waals surface area (Å²) in [4.78, 5) is 11.4.